The van der Waals surface area contributed by atoms with Gasteiger partial charge in [0.05, 0.1) is 16.7 Å². The highest BCUT2D eigenvalue weighted by molar-refractivity contribution is 8.19. The first-order chi connectivity index (χ1) is 20.3. The largest absolute Gasteiger partial charge is 0.490 e. The summed E-state index contributed by atoms with van der Waals surface area (Å²) in [7, 11) is 0. The molecule has 0 saturated heterocycles. The Bertz CT molecular complexity index is 1390. The minimum absolute atomic E-state index is 0.0468. The van der Waals surface area contributed by atoms with Gasteiger partial charge in [0.25, 0.3) is 0 Å². The number of halogens is 6. The fourth-order valence-electron chi connectivity index (χ4n) is 3.63. The van der Waals surface area contributed by atoms with Gasteiger partial charge in [0.15, 0.2) is 9.86 Å². The molecule has 2 N–H and O–H groups in total. The van der Waals surface area contributed by atoms with Crippen molar-refractivity contribution in [1.82, 2.24) is 0 Å². The Hall–Kier alpha value is -4.05. The maximum absolute atomic E-state index is 13.5. The Labute approximate surface area is 248 Å². The van der Waals surface area contributed by atoms with Crippen molar-refractivity contribution < 1.29 is 54.9 Å². The molecule has 0 radical (unpaired) electrons. The van der Waals surface area contributed by atoms with E-state index in [0.717, 1.165) is 72.1 Å². The van der Waals surface area contributed by atoms with Crippen LogP contribution in [0.2, 0.25) is 0 Å². The molecule has 0 aromatic heterocycles. The molecule has 4 rings (SSSR count). The van der Waals surface area contributed by atoms with Gasteiger partial charge in [-0.05, 0) is 60.7 Å². The van der Waals surface area contributed by atoms with Crippen LogP contribution in [0.15, 0.2) is 72.8 Å². The Kier molecular flexibility index (Phi) is 9.69. The van der Waals surface area contributed by atoms with Crippen LogP contribution in [0, 0.1) is 0 Å². The third-order valence-corrected chi connectivity index (χ3v) is 8.49. The van der Waals surface area contributed by atoms with E-state index in [1.54, 1.807) is 18.2 Å². The highest BCUT2D eigenvalue weighted by Gasteiger charge is 2.46. The molecule has 8 nitrogen and oxygen atoms in total. The average Bonchev–Trinajstić information content (AvgIpc) is 2.94. The van der Waals surface area contributed by atoms with E-state index in [1.165, 1.54) is 6.07 Å². The predicted octanol–water partition coefficient (Wildman–Crippen LogP) is 7.87. The van der Waals surface area contributed by atoms with Crippen molar-refractivity contribution in [3.05, 3.63) is 89.5 Å². The minimum atomic E-state index is -4.54. The summed E-state index contributed by atoms with van der Waals surface area (Å²) < 4.78 is 91.0. The van der Waals surface area contributed by atoms with Crippen molar-refractivity contribution >= 4 is 52.9 Å². The van der Waals surface area contributed by atoms with Crippen LogP contribution in [0.3, 0.4) is 0 Å². The highest BCUT2D eigenvalue weighted by Crippen LogP contribution is 2.45. The molecule has 228 valence electrons. The normalized spacial score (nSPS) is 14.2. The van der Waals surface area contributed by atoms with Crippen LogP contribution >= 0.6 is 23.5 Å². The molecule has 0 unspecified atom stereocenters. The average molecular weight is 647 g/mol. The molecule has 0 saturated carbocycles. The van der Waals surface area contributed by atoms with E-state index in [1.807, 2.05) is 0 Å². The first-order valence-corrected chi connectivity index (χ1v) is 14.0. The van der Waals surface area contributed by atoms with Gasteiger partial charge in [-0.3, -0.25) is 15.4 Å². The van der Waals surface area contributed by atoms with Gasteiger partial charge < -0.3 is 14.2 Å². The van der Waals surface area contributed by atoms with Gasteiger partial charge in [-0.2, -0.15) is 26.3 Å². The Morgan fingerprint density at radius 2 is 1.19 bits per heavy atom. The molecule has 0 aliphatic carbocycles. The number of carbonyl (C=O) groups is 3. The Morgan fingerprint density at radius 3 is 1.63 bits per heavy atom. The molecule has 1 heterocycles. The molecule has 3 aromatic carbocycles. The van der Waals surface area contributed by atoms with E-state index in [4.69, 9.17) is 14.2 Å². The number of Topliss-reactive ketones (excluding diaryl/α,β-unsaturated/α-hetero) is 1. The first kappa shape index (κ1) is 31.9. The summed E-state index contributed by atoms with van der Waals surface area (Å²) in [5.74, 6) is -0.878. The lowest BCUT2D eigenvalue weighted by Crippen LogP contribution is -2.43. The van der Waals surface area contributed by atoms with Gasteiger partial charge in [0, 0.05) is 11.4 Å². The number of ether oxygens (including phenoxy) is 3. The summed E-state index contributed by atoms with van der Waals surface area (Å²) in [6, 6.07) is 13.8. The maximum atomic E-state index is 13.5. The third kappa shape index (κ3) is 8.28. The van der Waals surface area contributed by atoms with Gasteiger partial charge in [-0.15, -0.1) is 0 Å². The molecule has 0 bridgehead atoms. The van der Waals surface area contributed by atoms with Gasteiger partial charge in [-0.25, -0.2) is 9.59 Å². The Balaban J connectivity index is 1.35. The number of carbonyl (C=O) groups excluding carboxylic acids is 3. The van der Waals surface area contributed by atoms with Crippen LogP contribution in [0.25, 0.3) is 0 Å². The summed E-state index contributed by atoms with van der Waals surface area (Å²) in [4.78, 5) is 38.0. The SMILES string of the molecule is O=C(Nc1ccc(C(F)(F)F)cc1)OCSC1(SCOC(=O)Nc2ccc(C(F)(F)F)cc2)COc2ccccc2C1=O. The van der Waals surface area contributed by atoms with Crippen LogP contribution in [0.5, 0.6) is 5.75 Å². The number of anilines is 2. The predicted molar refractivity (Wildman–Crippen MR) is 147 cm³/mol. The van der Waals surface area contributed by atoms with Crippen molar-refractivity contribution in [3.63, 3.8) is 0 Å². The number of amides is 2. The summed E-state index contributed by atoms with van der Waals surface area (Å²) >= 11 is 1.72. The highest BCUT2D eigenvalue weighted by atomic mass is 32.2. The van der Waals surface area contributed by atoms with Crippen molar-refractivity contribution in [3.8, 4) is 5.75 Å². The quantitative estimate of drug-likeness (QED) is 0.188. The number of benzene rings is 3. The van der Waals surface area contributed by atoms with Crippen LogP contribution in [0.4, 0.5) is 47.3 Å². The zero-order valence-electron chi connectivity index (χ0n) is 21.6. The monoisotopic (exact) mass is 646 g/mol. The maximum Gasteiger partial charge on any atom is 0.416 e. The molecule has 2 amide bonds. The number of para-hydroxylation sites is 1. The number of fused-ring (bicyclic) bond motifs is 1. The summed E-state index contributed by atoms with van der Waals surface area (Å²) in [5.41, 5.74) is -1.46. The zero-order chi connectivity index (χ0) is 31.3. The van der Waals surface area contributed by atoms with Crippen LogP contribution in [-0.2, 0) is 21.8 Å². The smallest absolute Gasteiger partial charge is 0.416 e. The molecule has 1 aliphatic rings. The molecule has 1 aliphatic heterocycles. The number of alkyl halides is 6. The second-order valence-corrected chi connectivity index (χ2v) is 11.4. The lowest BCUT2D eigenvalue weighted by Gasteiger charge is -2.34. The molecule has 0 fully saturated rings. The second kappa shape index (κ2) is 13.1. The van der Waals surface area contributed by atoms with Crippen molar-refractivity contribution in [1.29, 1.82) is 0 Å². The molecular weight excluding hydrogens is 626 g/mol. The Morgan fingerprint density at radius 1 is 0.744 bits per heavy atom. The summed E-state index contributed by atoms with van der Waals surface area (Å²) in [6.45, 7) is -0.202. The molecule has 16 heteroatoms. The lowest BCUT2D eigenvalue weighted by molar-refractivity contribution is -0.138. The van der Waals surface area contributed by atoms with Crippen molar-refractivity contribution in [2.75, 3.05) is 29.1 Å². The molecular formula is C27H20F6N2O6S2. The van der Waals surface area contributed by atoms with Crippen molar-refractivity contribution in [2.45, 2.75) is 16.4 Å². The van der Waals surface area contributed by atoms with Gasteiger partial charge in [0.1, 0.15) is 24.2 Å². The van der Waals surface area contributed by atoms with E-state index >= 15 is 0 Å². The first-order valence-electron chi connectivity index (χ1n) is 12.0. The zero-order valence-corrected chi connectivity index (χ0v) is 23.2. The fraction of sp³-hybridized carbons (Fsp3) is 0.222. The van der Waals surface area contributed by atoms with Crippen LogP contribution < -0.4 is 15.4 Å². The van der Waals surface area contributed by atoms with E-state index < -0.39 is 57.4 Å². The summed E-state index contributed by atoms with van der Waals surface area (Å²) in [5, 5.41) is 4.57. The number of thioether (sulfide) groups is 2. The van der Waals surface area contributed by atoms with Gasteiger partial charge in [-0.1, -0.05) is 35.7 Å². The molecule has 43 heavy (non-hydrogen) atoms. The van der Waals surface area contributed by atoms with Gasteiger partial charge in [0.2, 0.25) is 0 Å². The molecule has 0 spiro atoms. The molecule has 0 atom stereocenters. The number of nitrogens with one attached hydrogen (secondary N) is 2. The second-order valence-electron chi connectivity index (χ2n) is 8.66. The minimum Gasteiger partial charge on any atom is -0.490 e. The molecule has 3 aromatic rings. The van der Waals surface area contributed by atoms with E-state index in [9.17, 15) is 40.7 Å². The van der Waals surface area contributed by atoms with E-state index in [-0.39, 0.29) is 23.5 Å². The number of ketones is 1. The van der Waals surface area contributed by atoms with Gasteiger partial charge >= 0.3 is 24.5 Å². The number of rotatable bonds is 8. The topological polar surface area (TPSA) is 103 Å². The number of hydrogen-bond donors (Lipinski definition) is 2. The van der Waals surface area contributed by atoms with E-state index in [0.29, 0.717) is 5.75 Å². The van der Waals surface area contributed by atoms with E-state index in [2.05, 4.69) is 10.6 Å². The summed E-state index contributed by atoms with van der Waals surface area (Å²) in [6.07, 6.45) is -11.1. The standard InChI is InChI=1S/C27H20F6N2O6S2/c28-26(29,30)16-5-9-18(10-6-16)34-23(37)40-14-42-25(13-39-21-4-2-1-3-20(21)22(25)36)43-15-41-24(38)35-19-11-7-17(8-12-19)27(31,32)33/h1-12H,13-15H2,(H,34,37)(H,35,38). The van der Waals surface area contributed by atoms with Crippen molar-refractivity contribution in [2.24, 2.45) is 0 Å². The number of hydrogen-bond acceptors (Lipinski definition) is 8. The fourth-order valence-corrected chi connectivity index (χ4v) is 5.73. The van der Waals surface area contributed by atoms with Crippen LogP contribution in [0.1, 0.15) is 21.5 Å². The third-order valence-electron chi connectivity index (χ3n) is 5.78. The lowest BCUT2D eigenvalue weighted by atomic mass is 10.0. The van der Waals surface area contributed by atoms with Crippen LogP contribution in [-0.4, -0.2) is 40.5 Å².